The number of halogens is 1. The van der Waals surface area contributed by atoms with E-state index in [-0.39, 0.29) is 29.5 Å². The standard InChI is InChI=1S/C19H16FN5O3S/c20-13-8-10(9-15(26)23-19-24-17(25-29-19)11-4-5-11)3-6-14(13)28-18-12(16(21)27)2-1-7-22-18/h1-3,6-8,11H,4-5,9H2,(H2,21,27)(H,23,24,25,26). The zero-order valence-corrected chi connectivity index (χ0v) is 15.9. The molecule has 148 valence electrons. The molecule has 4 rings (SSSR count). The first kappa shape index (κ1) is 18.9. The van der Waals surface area contributed by atoms with Crippen molar-refractivity contribution in [1.82, 2.24) is 14.3 Å². The van der Waals surface area contributed by atoms with Crippen LogP contribution in [-0.4, -0.2) is 26.2 Å². The Morgan fingerprint density at radius 2 is 2.14 bits per heavy atom. The smallest absolute Gasteiger partial charge is 0.254 e. The fourth-order valence-electron chi connectivity index (χ4n) is 2.64. The molecule has 0 radical (unpaired) electrons. The van der Waals surface area contributed by atoms with Crippen LogP contribution in [0.25, 0.3) is 0 Å². The van der Waals surface area contributed by atoms with Crippen LogP contribution in [0.2, 0.25) is 0 Å². The van der Waals surface area contributed by atoms with E-state index in [9.17, 15) is 14.0 Å². The first-order valence-electron chi connectivity index (χ1n) is 8.84. The predicted octanol–water partition coefficient (Wildman–Crippen LogP) is 3.02. The molecule has 1 aliphatic rings. The minimum atomic E-state index is -0.733. The Morgan fingerprint density at radius 3 is 2.86 bits per heavy atom. The van der Waals surface area contributed by atoms with Gasteiger partial charge in [-0.3, -0.25) is 9.59 Å². The molecule has 0 aliphatic heterocycles. The van der Waals surface area contributed by atoms with Crippen LogP contribution in [0.4, 0.5) is 9.52 Å². The maximum atomic E-state index is 14.4. The van der Waals surface area contributed by atoms with Crippen LogP contribution in [0.15, 0.2) is 36.5 Å². The topological polar surface area (TPSA) is 120 Å². The van der Waals surface area contributed by atoms with Crippen LogP contribution in [0.1, 0.15) is 40.5 Å². The van der Waals surface area contributed by atoms with Crippen molar-refractivity contribution in [3.63, 3.8) is 0 Å². The highest BCUT2D eigenvalue weighted by Crippen LogP contribution is 2.39. The minimum absolute atomic E-state index is 0.0360. The molecule has 29 heavy (non-hydrogen) atoms. The summed E-state index contributed by atoms with van der Waals surface area (Å²) in [5.41, 5.74) is 5.76. The Balaban J connectivity index is 1.41. The highest BCUT2D eigenvalue weighted by Gasteiger charge is 2.28. The van der Waals surface area contributed by atoms with Crippen molar-refractivity contribution in [2.24, 2.45) is 5.73 Å². The van der Waals surface area contributed by atoms with Gasteiger partial charge in [-0.25, -0.2) is 14.4 Å². The van der Waals surface area contributed by atoms with Gasteiger partial charge in [-0.1, -0.05) is 6.07 Å². The molecule has 0 saturated heterocycles. The molecule has 1 aliphatic carbocycles. The first-order valence-corrected chi connectivity index (χ1v) is 9.61. The van der Waals surface area contributed by atoms with Gasteiger partial charge in [0.2, 0.25) is 16.9 Å². The minimum Gasteiger partial charge on any atom is -0.435 e. The van der Waals surface area contributed by atoms with Gasteiger partial charge in [0.1, 0.15) is 11.4 Å². The van der Waals surface area contributed by atoms with Crippen LogP contribution < -0.4 is 15.8 Å². The molecule has 3 aromatic rings. The van der Waals surface area contributed by atoms with E-state index in [1.807, 2.05) is 0 Å². The Hall–Kier alpha value is -3.40. The second-order valence-electron chi connectivity index (χ2n) is 6.54. The number of amides is 2. The lowest BCUT2D eigenvalue weighted by Crippen LogP contribution is -2.14. The van der Waals surface area contributed by atoms with Gasteiger partial charge in [-0.15, -0.1) is 0 Å². The zero-order chi connectivity index (χ0) is 20.4. The summed E-state index contributed by atoms with van der Waals surface area (Å²) in [4.78, 5) is 31.8. The van der Waals surface area contributed by atoms with Gasteiger partial charge in [-0.05, 0) is 42.7 Å². The fourth-order valence-corrected chi connectivity index (χ4v) is 3.31. The molecule has 0 unspecified atom stereocenters. The maximum Gasteiger partial charge on any atom is 0.254 e. The van der Waals surface area contributed by atoms with Gasteiger partial charge in [-0.2, -0.15) is 4.37 Å². The van der Waals surface area contributed by atoms with Crippen LogP contribution in [0.3, 0.4) is 0 Å². The summed E-state index contributed by atoms with van der Waals surface area (Å²) in [6.45, 7) is 0. The third kappa shape index (κ3) is 4.54. The largest absolute Gasteiger partial charge is 0.435 e. The van der Waals surface area contributed by atoms with E-state index in [2.05, 4.69) is 19.7 Å². The highest BCUT2D eigenvalue weighted by molar-refractivity contribution is 7.09. The second-order valence-corrected chi connectivity index (χ2v) is 7.30. The third-order valence-electron chi connectivity index (χ3n) is 4.23. The number of ether oxygens (including phenoxy) is 1. The van der Waals surface area contributed by atoms with E-state index >= 15 is 0 Å². The molecule has 0 bridgehead atoms. The Bertz CT molecular complexity index is 1080. The number of anilines is 1. The number of nitrogens with zero attached hydrogens (tertiary/aromatic N) is 3. The van der Waals surface area contributed by atoms with Crippen LogP contribution in [0, 0.1) is 5.82 Å². The summed E-state index contributed by atoms with van der Waals surface area (Å²) in [6, 6.07) is 7.08. The number of aromatic nitrogens is 3. The summed E-state index contributed by atoms with van der Waals surface area (Å²) in [5, 5.41) is 3.11. The van der Waals surface area contributed by atoms with Gasteiger partial charge in [0.05, 0.1) is 6.42 Å². The van der Waals surface area contributed by atoms with E-state index in [1.165, 1.54) is 30.5 Å². The number of nitrogens with one attached hydrogen (secondary N) is 1. The Morgan fingerprint density at radius 1 is 1.31 bits per heavy atom. The Kier molecular flexibility index (Phi) is 5.17. The van der Waals surface area contributed by atoms with Gasteiger partial charge in [0, 0.05) is 23.6 Å². The SMILES string of the molecule is NC(=O)c1cccnc1Oc1ccc(CC(=O)Nc2nc(C3CC3)ns2)cc1F. The van der Waals surface area contributed by atoms with Crippen LogP contribution >= 0.6 is 11.5 Å². The molecule has 1 aromatic carbocycles. The number of primary amides is 1. The van der Waals surface area contributed by atoms with Crippen molar-refractivity contribution in [2.45, 2.75) is 25.2 Å². The van der Waals surface area contributed by atoms with Crippen molar-refractivity contribution in [3.8, 4) is 11.6 Å². The molecular formula is C19H16FN5O3S. The van der Waals surface area contributed by atoms with E-state index in [0.717, 1.165) is 30.2 Å². The molecule has 0 spiro atoms. The number of hydrogen-bond donors (Lipinski definition) is 2. The van der Waals surface area contributed by atoms with Gasteiger partial charge < -0.3 is 15.8 Å². The molecule has 0 atom stereocenters. The van der Waals surface area contributed by atoms with E-state index in [1.54, 1.807) is 6.07 Å². The van der Waals surface area contributed by atoms with E-state index in [0.29, 0.717) is 16.6 Å². The van der Waals surface area contributed by atoms with Crippen molar-refractivity contribution in [1.29, 1.82) is 0 Å². The molecule has 2 amide bonds. The third-order valence-corrected chi connectivity index (χ3v) is 4.88. The number of benzene rings is 1. The maximum absolute atomic E-state index is 14.4. The van der Waals surface area contributed by atoms with Crippen molar-refractivity contribution < 1.29 is 18.7 Å². The predicted molar refractivity (Wildman–Crippen MR) is 103 cm³/mol. The molecule has 2 aromatic heterocycles. The lowest BCUT2D eigenvalue weighted by Gasteiger charge is -2.09. The molecule has 2 heterocycles. The van der Waals surface area contributed by atoms with Gasteiger partial charge in [0.25, 0.3) is 5.91 Å². The Labute approximate surface area is 169 Å². The van der Waals surface area contributed by atoms with E-state index < -0.39 is 11.7 Å². The molecule has 3 N–H and O–H groups in total. The number of nitrogens with two attached hydrogens (primary N) is 1. The number of carbonyl (C=O) groups excluding carboxylic acids is 2. The van der Waals surface area contributed by atoms with E-state index in [4.69, 9.17) is 10.5 Å². The summed E-state index contributed by atoms with van der Waals surface area (Å²) in [7, 11) is 0. The molecule has 1 saturated carbocycles. The average molecular weight is 413 g/mol. The second kappa shape index (κ2) is 7.92. The fraction of sp³-hybridized carbons (Fsp3) is 0.211. The molecular weight excluding hydrogens is 397 g/mol. The summed E-state index contributed by atoms with van der Waals surface area (Å²) in [5.74, 6) is -0.792. The van der Waals surface area contributed by atoms with Crippen LogP contribution in [-0.2, 0) is 11.2 Å². The first-order chi connectivity index (χ1) is 14.0. The molecule has 10 heteroatoms. The summed E-state index contributed by atoms with van der Waals surface area (Å²) in [6.07, 6.45) is 3.53. The van der Waals surface area contributed by atoms with Crippen LogP contribution in [0.5, 0.6) is 11.6 Å². The molecule has 8 nitrogen and oxygen atoms in total. The summed E-state index contributed by atoms with van der Waals surface area (Å²) >= 11 is 1.14. The average Bonchev–Trinajstić information content (AvgIpc) is 3.44. The lowest BCUT2D eigenvalue weighted by atomic mass is 10.1. The number of carbonyl (C=O) groups is 2. The normalized spacial score (nSPS) is 13.1. The number of pyridine rings is 1. The number of rotatable bonds is 7. The quantitative estimate of drug-likeness (QED) is 0.614. The lowest BCUT2D eigenvalue weighted by molar-refractivity contribution is -0.115. The highest BCUT2D eigenvalue weighted by atomic mass is 32.1. The monoisotopic (exact) mass is 413 g/mol. The van der Waals surface area contributed by atoms with Gasteiger partial charge in [0.15, 0.2) is 11.6 Å². The summed E-state index contributed by atoms with van der Waals surface area (Å²) < 4.78 is 24.0. The zero-order valence-electron chi connectivity index (χ0n) is 15.1. The number of hydrogen-bond acceptors (Lipinski definition) is 7. The van der Waals surface area contributed by atoms with Gasteiger partial charge >= 0.3 is 0 Å². The molecule has 1 fully saturated rings. The van der Waals surface area contributed by atoms with Crippen molar-refractivity contribution in [2.75, 3.05) is 5.32 Å². The van der Waals surface area contributed by atoms with Crippen molar-refractivity contribution in [3.05, 3.63) is 59.3 Å². The van der Waals surface area contributed by atoms with Crippen molar-refractivity contribution >= 4 is 28.5 Å².